The monoisotopic (exact) mass is 358 g/mol. The van der Waals surface area contributed by atoms with Crippen LogP contribution in [0.5, 0.6) is 0 Å². The van der Waals surface area contributed by atoms with E-state index in [1.165, 1.54) is 31.5 Å². The molecule has 120 valence electrons. The molecule has 3 heteroatoms. The Morgan fingerprint density at radius 3 is 2.30 bits per heavy atom. The summed E-state index contributed by atoms with van der Waals surface area (Å²) in [5, 5.41) is 3.47. The largest absolute Gasteiger partial charge is 0.140 e. The van der Waals surface area contributed by atoms with E-state index in [9.17, 15) is 0 Å². The van der Waals surface area contributed by atoms with Gasteiger partial charge in [-0.15, -0.1) is 34.4 Å². The summed E-state index contributed by atoms with van der Waals surface area (Å²) < 4.78 is 2.89. The minimum atomic E-state index is 0.622. The van der Waals surface area contributed by atoms with Crippen molar-refractivity contribution in [2.24, 2.45) is 5.92 Å². The molecule has 3 aromatic rings. The topological polar surface area (TPSA) is 0 Å². The van der Waals surface area contributed by atoms with Gasteiger partial charge in [0.1, 0.15) is 0 Å². The van der Waals surface area contributed by atoms with Gasteiger partial charge in [-0.2, -0.15) is 0 Å². The highest BCUT2D eigenvalue weighted by atomic mass is 32.2. The maximum atomic E-state index is 2.44. The molecule has 3 heterocycles. The lowest BCUT2D eigenvalue weighted by Crippen LogP contribution is -1.87. The second-order valence-corrected chi connectivity index (χ2v) is 10.5. The van der Waals surface area contributed by atoms with E-state index in [1.807, 2.05) is 22.7 Å². The number of thiophene rings is 2. The highest BCUT2D eigenvalue weighted by molar-refractivity contribution is 8.03. The molecule has 0 nitrogen and oxygen atoms in total. The second kappa shape index (κ2) is 5.94. The molecule has 0 saturated heterocycles. The van der Waals surface area contributed by atoms with Gasteiger partial charge in [0, 0.05) is 24.4 Å². The molecule has 1 unspecified atom stereocenters. The Morgan fingerprint density at radius 2 is 1.61 bits per heavy atom. The van der Waals surface area contributed by atoms with Gasteiger partial charge in [-0.1, -0.05) is 33.8 Å². The van der Waals surface area contributed by atoms with Gasteiger partial charge >= 0.3 is 0 Å². The van der Waals surface area contributed by atoms with Crippen LogP contribution in [0, 0.1) is 5.92 Å². The van der Waals surface area contributed by atoms with Crippen LogP contribution in [0.2, 0.25) is 0 Å². The average molecular weight is 359 g/mol. The third-order valence-corrected chi connectivity index (χ3v) is 8.86. The van der Waals surface area contributed by atoms with Gasteiger partial charge in [-0.05, 0) is 58.2 Å². The first-order chi connectivity index (χ1) is 11.0. The molecule has 0 amide bonds. The zero-order valence-corrected chi connectivity index (χ0v) is 16.5. The standard InChI is InChI=1S/C20H22S3/c1-11(2)15-5-6-16(21-15)20-9-14-7-13-8-17(12(3)4)22-18(13)10-19(14)23-20/h5,7-12,16H,6H2,1-4H3. The number of benzene rings is 1. The molecule has 0 aliphatic carbocycles. The molecule has 0 saturated carbocycles. The van der Waals surface area contributed by atoms with E-state index in [0.717, 1.165) is 0 Å². The maximum Gasteiger partial charge on any atom is 0.0470 e. The van der Waals surface area contributed by atoms with E-state index in [0.29, 0.717) is 17.1 Å². The first-order valence-electron chi connectivity index (χ1n) is 8.35. The molecule has 1 aliphatic rings. The molecule has 1 atom stereocenters. The molecule has 0 radical (unpaired) electrons. The number of thioether (sulfide) groups is 1. The number of hydrogen-bond donors (Lipinski definition) is 0. The lowest BCUT2D eigenvalue weighted by Gasteiger charge is -2.09. The van der Waals surface area contributed by atoms with E-state index in [4.69, 9.17) is 0 Å². The fourth-order valence-corrected chi connectivity index (χ4v) is 6.79. The van der Waals surface area contributed by atoms with Crippen LogP contribution in [-0.2, 0) is 0 Å². The number of fused-ring (bicyclic) bond motifs is 2. The van der Waals surface area contributed by atoms with Crippen LogP contribution in [0.1, 0.15) is 55.0 Å². The molecule has 0 bridgehead atoms. The van der Waals surface area contributed by atoms with Gasteiger partial charge in [-0.3, -0.25) is 0 Å². The smallest absolute Gasteiger partial charge is 0.0470 e. The van der Waals surface area contributed by atoms with Gasteiger partial charge in [0.05, 0.1) is 0 Å². The van der Waals surface area contributed by atoms with Crippen LogP contribution in [0.4, 0.5) is 0 Å². The van der Waals surface area contributed by atoms with Crippen molar-refractivity contribution in [3.63, 3.8) is 0 Å². The van der Waals surface area contributed by atoms with Crippen molar-refractivity contribution in [2.75, 3.05) is 0 Å². The minimum Gasteiger partial charge on any atom is -0.140 e. The number of rotatable bonds is 3. The lowest BCUT2D eigenvalue weighted by molar-refractivity contribution is 0.816. The van der Waals surface area contributed by atoms with E-state index >= 15 is 0 Å². The van der Waals surface area contributed by atoms with Gasteiger partial charge < -0.3 is 0 Å². The van der Waals surface area contributed by atoms with Crippen molar-refractivity contribution in [1.82, 2.24) is 0 Å². The highest BCUT2D eigenvalue weighted by Gasteiger charge is 2.23. The Hall–Kier alpha value is -0.770. The number of hydrogen-bond acceptors (Lipinski definition) is 3. The molecule has 1 aromatic carbocycles. The predicted molar refractivity (Wildman–Crippen MR) is 109 cm³/mol. The predicted octanol–water partition coefficient (Wildman–Crippen LogP) is 7.96. The van der Waals surface area contributed by atoms with Gasteiger partial charge in [0.25, 0.3) is 0 Å². The summed E-state index contributed by atoms with van der Waals surface area (Å²) in [6, 6.07) is 9.61. The van der Waals surface area contributed by atoms with Crippen molar-refractivity contribution in [1.29, 1.82) is 0 Å². The Balaban J connectivity index is 1.69. The van der Waals surface area contributed by atoms with Gasteiger partial charge in [-0.25, -0.2) is 0 Å². The molecule has 0 spiro atoms. The summed E-state index contributed by atoms with van der Waals surface area (Å²) in [4.78, 5) is 4.60. The SMILES string of the molecule is CC(C)C1=CCC(c2cc3cc4cc(C(C)C)sc4cc3s2)S1. The van der Waals surface area contributed by atoms with E-state index in [-0.39, 0.29) is 0 Å². The normalized spacial score (nSPS) is 18.7. The molecule has 2 aromatic heterocycles. The zero-order chi connectivity index (χ0) is 16.1. The van der Waals surface area contributed by atoms with Crippen LogP contribution in [-0.4, -0.2) is 0 Å². The summed E-state index contributed by atoms with van der Waals surface area (Å²) in [5.41, 5.74) is 0. The summed E-state index contributed by atoms with van der Waals surface area (Å²) >= 11 is 6.02. The van der Waals surface area contributed by atoms with Crippen molar-refractivity contribution >= 4 is 54.6 Å². The van der Waals surface area contributed by atoms with Crippen LogP contribution in [0.25, 0.3) is 20.2 Å². The van der Waals surface area contributed by atoms with Gasteiger partial charge in [0.2, 0.25) is 0 Å². The average Bonchev–Trinajstić information content (AvgIpc) is 3.20. The Labute approximate surface area is 150 Å². The fourth-order valence-electron chi connectivity index (χ4n) is 3.09. The molecule has 0 N–H and O–H groups in total. The van der Waals surface area contributed by atoms with E-state index in [2.05, 4.69) is 69.8 Å². The lowest BCUT2D eigenvalue weighted by atomic mass is 10.1. The van der Waals surface area contributed by atoms with Crippen LogP contribution in [0.15, 0.2) is 35.2 Å². The Kier molecular flexibility index (Phi) is 4.07. The molecule has 4 rings (SSSR count). The Bertz CT molecular complexity index is 841. The van der Waals surface area contributed by atoms with Crippen molar-refractivity contribution in [3.05, 3.63) is 45.0 Å². The molecule has 1 aliphatic heterocycles. The van der Waals surface area contributed by atoms with E-state index in [1.54, 1.807) is 9.78 Å². The van der Waals surface area contributed by atoms with Gasteiger partial charge in [0.15, 0.2) is 0 Å². The molecule has 23 heavy (non-hydrogen) atoms. The van der Waals surface area contributed by atoms with Crippen LogP contribution in [0.3, 0.4) is 0 Å². The highest BCUT2D eigenvalue weighted by Crippen LogP contribution is 2.49. The molecule has 0 fully saturated rings. The zero-order valence-electron chi connectivity index (χ0n) is 14.1. The summed E-state index contributed by atoms with van der Waals surface area (Å²) in [6.45, 7) is 9.16. The first-order valence-corrected chi connectivity index (χ1v) is 10.9. The summed E-state index contributed by atoms with van der Waals surface area (Å²) in [5.74, 6) is 1.29. The Morgan fingerprint density at radius 1 is 0.870 bits per heavy atom. The van der Waals surface area contributed by atoms with Crippen LogP contribution < -0.4 is 0 Å². The van der Waals surface area contributed by atoms with E-state index < -0.39 is 0 Å². The minimum absolute atomic E-state index is 0.622. The second-order valence-electron chi connectivity index (χ2n) is 6.98. The van der Waals surface area contributed by atoms with Crippen LogP contribution >= 0.6 is 34.4 Å². The quantitative estimate of drug-likeness (QED) is 0.457. The maximum absolute atomic E-state index is 2.44. The summed E-state index contributed by atoms with van der Waals surface area (Å²) in [6.07, 6.45) is 3.63. The third-order valence-electron chi connectivity index (χ3n) is 4.46. The fraction of sp³-hybridized carbons (Fsp3) is 0.400. The summed E-state index contributed by atoms with van der Waals surface area (Å²) in [7, 11) is 0. The van der Waals surface area contributed by atoms with Crippen molar-refractivity contribution in [2.45, 2.75) is 45.3 Å². The third kappa shape index (κ3) is 2.88. The van der Waals surface area contributed by atoms with Crippen molar-refractivity contribution in [3.8, 4) is 0 Å². The molecular weight excluding hydrogens is 336 g/mol. The first kappa shape index (κ1) is 15.7. The number of allylic oxidation sites excluding steroid dienone is 2. The van der Waals surface area contributed by atoms with Crippen molar-refractivity contribution < 1.29 is 0 Å². The molecular formula is C20H22S3.